The molecular formula is C6H12N2O2. The average Bonchev–Trinajstić information content (AvgIpc) is 2.00. The molecule has 0 heterocycles. The Hall–Kier alpha value is -0.900. The van der Waals surface area contributed by atoms with Gasteiger partial charge in [0.1, 0.15) is 0 Å². The molecule has 0 unspecified atom stereocenters. The maximum absolute atomic E-state index is 10.7. The zero-order valence-corrected chi connectivity index (χ0v) is 6.26. The van der Waals surface area contributed by atoms with Crippen molar-refractivity contribution in [1.82, 2.24) is 5.01 Å². The van der Waals surface area contributed by atoms with E-state index >= 15 is 0 Å². The van der Waals surface area contributed by atoms with E-state index < -0.39 is 0 Å². The largest absolute Gasteiger partial charge is 0.273 e. The Morgan fingerprint density at radius 3 is 1.70 bits per heavy atom. The predicted octanol–water partition coefficient (Wildman–Crippen LogP) is 0.0353. The van der Waals surface area contributed by atoms with E-state index in [1.165, 1.54) is 0 Å². The monoisotopic (exact) mass is 144 g/mol. The number of nitrogens with zero attached hydrogens (tertiary/aromatic N) is 1. The maximum atomic E-state index is 10.7. The third-order valence-corrected chi connectivity index (χ3v) is 1.14. The molecule has 10 heavy (non-hydrogen) atoms. The van der Waals surface area contributed by atoms with Gasteiger partial charge in [-0.1, -0.05) is 13.8 Å². The summed E-state index contributed by atoms with van der Waals surface area (Å²) in [5.41, 5.74) is 0. The fraction of sp³-hybridized carbons (Fsp3) is 0.667. The van der Waals surface area contributed by atoms with Crippen molar-refractivity contribution in [1.29, 1.82) is 0 Å². The van der Waals surface area contributed by atoms with E-state index in [9.17, 15) is 9.59 Å². The molecule has 0 aromatic rings. The van der Waals surface area contributed by atoms with Gasteiger partial charge in [0.25, 0.3) is 0 Å². The van der Waals surface area contributed by atoms with Crippen LogP contribution in [0.15, 0.2) is 0 Å². The van der Waals surface area contributed by atoms with Gasteiger partial charge in [0.2, 0.25) is 11.8 Å². The first-order valence-corrected chi connectivity index (χ1v) is 3.23. The summed E-state index contributed by atoms with van der Waals surface area (Å²) in [7, 11) is 0. The number of hydrogen-bond acceptors (Lipinski definition) is 3. The summed E-state index contributed by atoms with van der Waals surface area (Å²) in [5, 5.41) is 0.667. The summed E-state index contributed by atoms with van der Waals surface area (Å²) in [4.78, 5) is 21.4. The van der Waals surface area contributed by atoms with Crippen LogP contribution in [0, 0.1) is 0 Å². The number of carbonyl (C=O) groups excluding carboxylic acids is 2. The molecule has 0 spiro atoms. The first kappa shape index (κ1) is 9.10. The predicted molar refractivity (Wildman–Crippen MR) is 36.6 cm³/mol. The summed E-state index contributed by atoms with van der Waals surface area (Å²) in [6.07, 6.45) is 0.532. The van der Waals surface area contributed by atoms with Crippen LogP contribution >= 0.6 is 0 Å². The molecule has 0 fully saturated rings. The number of carbonyl (C=O) groups is 2. The number of hydrazine groups is 1. The molecule has 0 saturated carbocycles. The molecule has 2 amide bonds. The van der Waals surface area contributed by atoms with Crippen molar-refractivity contribution in [2.45, 2.75) is 26.7 Å². The van der Waals surface area contributed by atoms with E-state index in [2.05, 4.69) is 0 Å². The van der Waals surface area contributed by atoms with Gasteiger partial charge in [0, 0.05) is 12.8 Å². The van der Waals surface area contributed by atoms with E-state index in [1.807, 2.05) is 0 Å². The Kier molecular flexibility index (Phi) is 3.64. The highest BCUT2D eigenvalue weighted by atomic mass is 16.2. The van der Waals surface area contributed by atoms with E-state index in [4.69, 9.17) is 5.84 Å². The van der Waals surface area contributed by atoms with Crippen LogP contribution in [0.5, 0.6) is 0 Å². The molecule has 0 aliphatic rings. The van der Waals surface area contributed by atoms with Crippen molar-refractivity contribution in [2.24, 2.45) is 5.84 Å². The van der Waals surface area contributed by atoms with Crippen molar-refractivity contribution in [3.8, 4) is 0 Å². The molecule has 0 bridgehead atoms. The lowest BCUT2D eigenvalue weighted by atomic mass is 10.4. The minimum absolute atomic E-state index is 0.266. The summed E-state index contributed by atoms with van der Waals surface area (Å²) < 4.78 is 0. The van der Waals surface area contributed by atoms with E-state index in [0.29, 0.717) is 5.01 Å². The van der Waals surface area contributed by atoms with Crippen LogP contribution < -0.4 is 5.84 Å². The molecule has 0 radical (unpaired) electrons. The Morgan fingerprint density at radius 1 is 1.20 bits per heavy atom. The lowest BCUT2D eigenvalue weighted by Crippen LogP contribution is -2.41. The Balaban J connectivity index is 3.94. The van der Waals surface area contributed by atoms with Gasteiger partial charge in [-0.25, -0.2) is 10.9 Å². The lowest BCUT2D eigenvalue weighted by Gasteiger charge is -2.11. The van der Waals surface area contributed by atoms with Gasteiger partial charge in [-0.2, -0.15) is 0 Å². The molecular weight excluding hydrogens is 132 g/mol. The number of hydrogen-bond donors (Lipinski definition) is 1. The maximum Gasteiger partial charge on any atom is 0.243 e. The van der Waals surface area contributed by atoms with Gasteiger partial charge in [0.05, 0.1) is 0 Å². The van der Waals surface area contributed by atoms with Gasteiger partial charge in [-0.3, -0.25) is 9.59 Å². The molecule has 4 heteroatoms. The van der Waals surface area contributed by atoms with Crippen LogP contribution in [0.25, 0.3) is 0 Å². The Morgan fingerprint density at radius 2 is 1.50 bits per heavy atom. The van der Waals surface area contributed by atoms with Crippen LogP contribution in [-0.2, 0) is 9.59 Å². The Labute approximate surface area is 60.0 Å². The van der Waals surface area contributed by atoms with Gasteiger partial charge >= 0.3 is 0 Å². The third kappa shape index (κ3) is 2.14. The normalized spacial score (nSPS) is 9.10. The Bertz CT molecular complexity index is 129. The SMILES string of the molecule is CCC(=O)N(N)C(=O)CC. The van der Waals surface area contributed by atoms with Gasteiger partial charge in [-0.05, 0) is 0 Å². The van der Waals surface area contributed by atoms with Crippen molar-refractivity contribution >= 4 is 11.8 Å². The van der Waals surface area contributed by atoms with E-state index in [1.54, 1.807) is 13.8 Å². The topological polar surface area (TPSA) is 63.4 Å². The fourth-order valence-corrected chi connectivity index (χ4v) is 0.480. The quantitative estimate of drug-likeness (QED) is 0.338. The number of nitrogens with two attached hydrogens (primary N) is 1. The molecule has 4 nitrogen and oxygen atoms in total. The second-order valence-corrected chi connectivity index (χ2v) is 1.86. The summed E-state index contributed by atoms with van der Waals surface area (Å²) >= 11 is 0. The van der Waals surface area contributed by atoms with Crippen LogP contribution in [0.3, 0.4) is 0 Å². The minimum atomic E-state index is -0.341. The summed E-state index contributed by atoms with van der Waals surface area (Å²) in [6, 6.07) is 0. The van der Waals surface area contributed by atoms with Crippen LogP contribution in [-0.4, -0.2) is 16.8 Å². The fourth-order valence-electron chi connectivity index (χ4n) is 0.480. The third-order valence-electron chi connectivity index (χ3n) is 1.14. The highest BCUT2D eigenvalue weighted by molar-refractivity contribution is 5.94. The average molecular weight is 144 g/mol. The number of amides is 2. The molecule has 0 saturated heterocycles. The van der Waals surface area contributed by atoms with Crippen molar-refractivity contribution < 1.29 is 9.59 Å². The van der Waals surface area contributed by atoms with Crippen LogP contribution in [0.2, 0.25) is 0 Å². The first-order valence-electron chi connectivity index (χ1n) is 3.23. The van der Waals surface area contributed by atoms with E-state index in [0.717, 1.165) is 0 Å². The highest BCUT2D eigenvalue weighted by Gasteiger charge is 2.12. The molecule has 0 aliphatic heterocycles. The first-order chi connectivity index (χ1) is 4.63. The van der Waals surface area contributed by atoms with E-state index in [-0.39, 0.29) is 24.7 Å². The molecule has 0 aliphatic carbocycles. The molecule has 0 rings (SSSR count). The van der Waals surface area contributed by atoms with Crippen molar-refractivity contribution in [2.75, 3.05) is 0 Å². The van der Waals surface area contributed by atoms with Gasteiger partial charge in [0.15, 0.2) is 0 Å². The van der Waals surface area contributed by atoms with Crippen molar-refractivity contribution in [3.05, 3.63) is 0 Å². The number of rotatable bonds is 2. The summed E-state index contributed by atoms with van der Waals surface area (Å²) in [5.74, 6) is 4.43. The second kappa shape index (κ2) is 4.00. The summed E-state index contributed by atoms with van der Waals surface area (Å²) in [6.45, 7) is 3.32. The van der Waals surface area contributed by atoms with Gasteiger partial charge in [-0.15, -0.1) is 0 Å². The molecule has 2 N–H and O–H groups in total. The highest BCUT2D eigenvalue weighted by Crippen LogP contribution is 1.90. The smallest absolute Gasteiger partial charge is 0.243 e. The van der Waals surface area contributed by atoms with Gasteiger partial charge < -0.3 is 0 Å². The van der Waals surface area contributed by atoms with Crippen LogP contribution in [0.4, 0.5) is 0 Å². The van der Waals surface area contributed by atoms with Crippen molar-refractivity contribution in [3.63, 3.8) is 0 Å². The zero-order valence-electron chi connectivity index (χ0n) is 6.26. The van der Waals surface area contributed by atoms with Crippen LogP contribution in [0.1, 0.15) is 26.7 Å². The number of imide groups is 1. The lowest BCUT2D eigenvalue weighted by molar-refractivity contribution is -0.144. The molecule has 0 atom stereocenters. The molecule has 0 aromatic heterocycles. The second-order valence-electron chi connectivity index (χ2n) is 1.86. The molecule has 58 valence electrons. The molecule has 0 aromatic carbocycles. The zero-order chi connectivity index (χ0) is 8.15. The minimum Gasteiger partial charge on any atom is -0.273 e. The standard InChI is InChI=1S/C6H12N2O2/c1-3-5(9)8(7)6(10)4-2/h3-4,7H2,1-2H3.